The minimum atomic E-state index is -0.589. The monoisotopic (exact) mass is 317 g/mol. The van der Waals surface area contributed by atoms with Crippen LogP contribution in [-0.2, 0) is 4.79 Å². The largest absolute Gasteiger partial charge is 0.455 e. The molecule has 1 fully saturated rings. The Balaban J connectivity index is 1.74. The Labute approximate surface area is 129 Å². The van der Waals surface area contributed by atoms with Gasteiger partial charge in [-0.15, -0.1) is 0 Å². The van der Waals surface area contributed by atoms with E-state index < -0.39 is 16.9 Å². The highest BCUT2D eigenvalue weighted by molar-refractivity contribution is 6.02. The number of nitrogens with zero attached hydrogens (tertiary/aromatic N) is 3. The number of furan rings is 1. The zero-order valence-corrected chi connectivity index (χ0v) is 11.6. The van der Waals surface area contributed by atoms with Crippen molar-refractivity contribution in [2.45, 2.75) is 0 Å². The van der Waals surface area contributed by atoms with Crippen molar-refractivity contribution < 1.29 is 18.9 Å². The fraction of sp³-hybridized carbons (Fsp3) is 0.0714. The van der Waals surface area contributed by atoms with E-state index in [1.807, 2.05) is 0 Å². The first kappa shape index (κ1) is 14.4. The van der Waals surface area contributed by atoms with Crippen molar-refractivity contribution >= 4 is 23.8 Å². The second kappa shape index (κ2) is 5.72. The molecule has 0 radical (unpaired) electrons. The summed E-state index contributed by atoms with van der Waals surface area (Å²) in [6.07, 6.45) is 1.31. The number of hydrazone groups is 1. The fourth-order valence-electron chi connectivity index (χ4n) is 1.98. The molecule has 3 amide bonds. The number of rotatable bonds is 4. The Morgan fingerprint density at radius 1 is 1.22 bits per heavy atom. The number of nitro groups is 1. The van der Waals surface area contributed by atoms with Crippen LogP contribution < -0.4 is 5.32 Å². The quantitative estimate of drug-likeness (QED) is 0.303. The van der Waals surface area contributed by atoms with Crippen LogP contribution in [0, 0.1) is 10.1 Å². The van der Waals surface area contributed by atoms with Gasteiger partial charge >= 0.3 is 6.03 Å². The lowest BCUT2D eigenvalue weighted by atomic mass is 10.1. The predicted octanol–water partition coefficient (Wildman–Crippen LogP) is 1.74. The number of imide groups is 1. The molecule has 0 atom stereocenters. The maximum atomic E-state index is 11.3. The number of hydrogen-bond acceptors (Lipinski definition) is 6. The molecule has 23 heavy (non-hydrogen) atoms. The summed E-state index contributed by atoms with van der Waals surface area (Å²) in [6.45, 7) is -0.134. The molecule has 2 heterocycles. The van der Waals surface area contributed by atoms with E-state index in [0.29, 0.717) is 17.1 Å². The molecule has 116 valence electrons. The van der Waals surface area contributed by atoms with Crippen LogP contribution in [0.5, 0.6) is 0 Å². The Kier molecular flexibility index (Phi) is 3.59. The summed E-state index contributed by atoms with van der Waals surface area (Å²) in [5, 5.41) is 17.6. The SMILES string of the molecule is O=[13C]1[13CH2]N(N=Cc2ccc(-c3ccc([N+](=O)[O-])cc3)o2)[13C](=O)N1. The van der Waals surface area contributed by atoms with Crippen molar-refractivity contribution in [3.05, 3.63) is 52.3 Å². The number of nitro benzene ring substituents is 1. The number of non-ortho nitro benzene ring substituents is 1. The predicted molar refractivity (Wildman–Crippen MR) is 78.6 cm³/mol. The van der Waals surface area contributed by atoms with E-state index in [0.717, 1.165) is 5.01 Å². The van der Waals surface area contributed by atoms with Gasteiger partial charge in [-0.3, -0.25) is 20.2 Å². The van der Waals surface area contributed by atoms with Crippen LogP contribution in [-0.4, -0.2) is 34.6 Å². The van der Waals surface area contributed by atoms with Gasteiger partial charge < -0.3 is 4.42 Å². The first-order valence-electron chi connectivity index (χ1n) is 6.53. The molecule has 0 saturated carbocycles. The highest BCUT2D eigenvalue weighted by Gasteiger charge is 2.26. The smallest absolute Gasteiger partial charge is 0.344 e. The number of carbonyl (C=O) groups excluding carboxylic acids is 2. The highest BCUT2D eigenvalue weighted by Crippen LogP contribution is 2.24. The normalized spacial score (nSPS) is 14.5. The zero-order valence-electron chi connectivity index (χ0n) is 11.6. The summed E-state index contributed by atoms with van der Waals surface area (Å²) in [4.78, 5) is 32.5. The van der Waals surface area contributed by atoms with Gasteiger partial charge in [0.05, 0.1) is 11.1 Å². The van der Waals surface area contributed by atoms with Gasteiger partial charge in [0.1, 0.15) is 18.1 Å². The van der Waals surface area contributed by atoms with Crippen LogP contribution in [0.1, 0.15) is 5.76 Å². The molecule has 1 saturated heterocycles. The zero-order chi connectivity index (χ0) is 16.4. The standard InChI is InChI=1S/C14H10N4O5/c19-13-8-17(14(20)16-13)15-7-11-5-6-12(23-11)9-1-3-10(4-2-9)18(21)22/h1-7H,8H2,(H,16,19,20)/i8+1,13+1,14+1. The van der Waals surface area contributed by atoms with E-state index in [1.54, 1.807) is 24.3 Å². The lowest BCUT2D eigenvalue weighted by Gasteiger charge is -2.02. The number of hydrogen-bond donors (Lipinski definition) is 1. The molecule has 1 aromatic carbocycles. The summed E-state index contributed by atoms with van der Waals surface area (Å²) in [6, 6.07) is 8.63. The van der Waals surface area contributed by atoms with E-state index in [1.165, 1.54) is 18.3 Å². The Morgan fingerprint density at radius 2 is 1.96 bits per heavy atom. The van der Waals surface area contributed by atoms with Crippen LogP contribution in [0.3, 0.4) is 0 Å². The van der Waals surface area contributed by atoms with Crippen molar-refractivity contribution in [3.8, 4) is 11.3 Å². The number of nitrogens with one attached hydrogen (secondary N) is 1. The number of carbonyl (C=O) groups is 2. The molecule has 9 heteroatoms. The molecule has 0 bridgehead atoms. The second-order valence-electron chi connectivity index (χ2n) is 4.66. The van der Waals surface area contributed by atoms with Gasteiger partial charge in [0.15, 0.2) is 0 Å². The van der Waals surface area contributed by atoms with Gasteiger partial charge in [-0.2, -0.15) is 5.10 Å². The second-order valence-corrected chi connectivity index (χ2v) is 4.66. The Hall–Kier alpha value is -3.49. The molecule has 0 unspecified atom stereocenters. The third kappa shape index (κ3) is 3.07. The van der Waals surface area contributed by atoms with Gasteiger partial charge in [0, 0.05) is 17.7 Å². The summed E-state index contributed by atoms with van der Waals surface area (Å²) >= 11 is 0. The van der Waals surface area contributed by atoms with Gasteiger partial charge in [0.2, 0.25) is 5.91 Å². The number of amides is 3. The van der Waals surface area contributed by atoms with Crippen LogP contribution in [0.25, 0.3) is 11.3 Å². The summed E-state index contributed by atoms with van der Waals surface area (Å²) < 4.78 is 5.53. The lowest BCUT2D eigenvalue weighted by molar-refractivity contribution is -0.384. The van der Waals surface area contributed by atoms with Crippen molar-refractivity contribution in [2.75, 3.05) is 6.54 Å². The molecule has 0 spiro atoms. The first-order chi connectivity index (χ1) is 11.0. The van der Waals surface area contributed by atoms with Crippen molar-refractivity contribution in [2.24, 2.45) is 5.10 Å². The van der Waals surface area contributed by atoms with E-state index in [4.69, 9.17) is 4.42 Å². The average Bonchev–Trinajstić information content (AvgIpc) is 3.11. The van der Waals surface area contributed by atoms with Crippen molar-refractivity contribution in [1.82, 2.24) is 10.3 Å². The van der Waals surface area contributed by atoms with E-state index in [-0.39, 0.29) is 12.2 Å². The third-order valence-electron chi connectivity index (χ3n) is 3.09. The maximum Gasteiger partial charge on any atom is 0.344 e. The van der Waals surface area contributed by atoms with Gasteiger partial charge in [-0.25, -0.2) is 9.80 Å². The van der Waals surface area contributed by atoms with Gasteiger partial charge in [-0.1, -0.05) is 0 Å². The van der Waals surface area contributed by atoms with Crippen LogP contribution >= 0.6 is 0 Å². The first-order valence-corrected chi connectivity index (χ1v) is 6.53. The molecule has 0 aliphatic carbocycles. The van der Waals surface area contributed by atoms with Gasteiger partial charge in [-0.05, 0) is 24.3 Å². The number of urea groups is 1. The van der Waals surface area contributed by atoms with E-state index in [2.05, 4.69) is 10.4 Å². The van der Waals surface area contributed by atoms with Crippen LogP contribution in [0.2, 0.25) is 0 Å². The third-order valence-corrected chi connectivity index (χ3v) is 3.09. The summed E-state index contributed by atoms with van der Waals surface area (Å²) in [5.41, 5.74) is 0.663. The molecule has 3 rings (SSSR count). The molecular weight excluding hydrogens is 307 g/mol. The molecule has 1 N–H and O–H groups in total. The molecule has 2 aromatic rings. The topological polar surface area (TPSA) is 118 Å². The minimum Gasteiger partial charge on any atom is -0.455 e. The molecule has 9 nitrogen and oxygen atoms in total. The molecule has 1 aromatic heterocycles. The van der Waals surface area contributed by atoms with Crippen LogP contribution in [0.4, 0.5) is 10.5 Å². The molecule has 1 aliphatic heterocycles. The Bertz CT molecular complexity index is 809. The number of benzene rings is 1. The fourth-order valence-corrected chi connectivity index (χ4v) is 1.98. The maximum absolute atomic E-state index is 11.3. The Morgan fingerprint density at radius 3 is 2.57 bits per heavy atom. The van der Waals surface area contributed by atoms with Crippen molar-refractivity contribution in [1.29, 1.82) is 0 Å². The van der Waals surface area contributed by atoms with Crippen LogP contribution in [0.15, 0.2) is 45.9 Å². The lowest BCUT2D eigenvalue weighted by Crippen LogP contribution is -2.24. The molecular formula is C14H10N4O5. The average molecular weight is 317 g/mol. The minimum absolute atomic E-state index is 0.00759. The molecule has 1 aliphatic rings. The summed E-state index contributed by atoms with van der Waals surface area (Å²) in [7, 11) is 0. The summed E-state index contributed by atoms with van der Waals surface area (Å²) in [5.74, 6) is 0.465. The highest BCUT2D eigenvalue weighted by atomic mass is 16.6. The van der Waals surface area contributed by atoms with Gasteiger partial charge in [0.25, 0.3) is 5.69 Å². The van der Waals surface area contributed by atoms with Crippen molar-refractivity contribution in [3.63, 3.8) is 0 Å². The van der Waals surface area contributed by atoms with E-state index in [9.17, 15) is 19.7 Å². The van der Waals surface area contributed by atoms with E-state index >= 15 is 0 Å².